The van der Waals surface area contributed by atoms with Crippen LogP contribution >= 0.6 is 22.9 Å². The molecule has 1 aliphatic heterocycles. The molecule has 1 aromatic heterocycles. The molecule has 1 aliphatic carbocycles. The topological polar surface area (TPSA) is 75.3 Å². The van der Waals surface area contributed by atoms with Gasteiger partial charge in [0.2, 0.25) is 0 Å². The highest BCUT2D eigenvalue weighted by atomic mass is 35.5. The van der Waals surface area contributed by atoms with Gasteiger partial charge in [0.15, 0.2) is 0 Å². The van der Waals surface area contributed by atoms with Crippen molar-refractivity contribution in [1.29, 1.82) is 10.8 Å². The molecule has 1 saturated carbocycles. The molecule has 1 unspecified atom stereocenters. The number of anilines is 1. The Morgan fingerprint density at radius 1 is 1.34 bits per heavy atom. The zero-order valence-electron chi connectivity index (χ0n) is 17.2. The number of halogens is 1. The van der Waals surface area contributed by atoms with E-state index in [1.54, 1.807) is 23.2 Å². The summed E-state index contributed by atoms with van der Waals surface area (Å²) < 4.78 is 0. The van der Waals surface area contributed by atoms with Crippen molar-refractivity contribution < 1.29 is 0 Å². The van der Waals surface area contributed by atoms with E-state index in [0.29, 0.717) is 16.7 Å². The summed E-state index contributed by atoms with van der Waals surface area (Å²) in [7, 11) is 0. The van der Waals surface area contributed by atoms with Crippen LogP contribution in [0.1, 0.15) is 41.8 Å². The van der Waals surface area contributed by atoms with Crippen LogP contribution in [-0.2, 0) is 0 Å². The Balaban J connectivity index is 1.95. The van der Waals surface area contributed by atoms with Crippen molar-refractivity contribution >= 4 is 45.3 Å². The van der Waals surface area contributed by atoms with Gasteiger partial charge in [-0.25, -0.2) is 0 Å². The summed E-state index contributed by atoms with van der Waals surface area (Å²) in [5.74, 6) is 1.03. The Hall–Kier alpha value is -2.02. The minimum atomic E-state index is -0.585. The van der Waals surface area contributed by atoms with Gasteiger partial charge in [-0.3, -0.25) is 20.7 Å². The van der Waals surface area contributed by atoms with E-state index >= 15 is 0 Å². The normalized spacial score (nSPS) is 23.1. The number of aryl methyl sites for hydroxylation is 1. The molecule has 0 radical (unpaired) electrons. The molecular weight excluding hydrogens is 402 g/mol. The summed E-state index contributed by atoms with van der Waals surface area (Å²) in [5, 5.41) is 22.6. The molecular formula is C22H26ClN5S. The minimum absolute atomic E-state index is 0.259. The number of fused-ring (bicyclic) bond motifs is 1. The van der Waals surface area contributed by atoms with E-state index in [1.165, 1.54) is 10.4 Å². The Labute approximate surface area is 180 Å². The van der Waals surface area contributed by atoms with Crippen LogP contribution < -0.4 is 10.2 Å². The number of benzene rings is 1. The Bertz CT molecular complexity index is 1020. The second kappa shape index (κ2) is 7.35. The molecule has 4 rings (SSSR count). The van der Waals surface area contributed by atoms with E-state index in [9.17, 15) is 0 Å². The van der Waals surface area contributed by atoms with E-state index in [2.05, 4.69) is 26.1 Å². The van der Waals surface area contributed by atoms with E-state index in [1.807, 2.05) is 24.3 Å². The monoisotopic (exact) mass is 427 g/mol. The van der Waals surface area contributed by atoms with Gasteiger partial charge < -0.3 is 5.32 Å². The fourth-order valence-electron chi connectivity index (χ4n) is 4.09. The van der Waals surface area contributed by atoms with Crippen molar-refractivity contribution in [3.8, 4) is 0 Å². The fourth-order valence-corrected chi connectivity index (χ4v) is 5.43. The maximum atomic E-state index is 9.08. The Morgan fingerprint density at radius 2 is 2.03 bits per heavy atom. The van der Waals surface area contributed by atoms with Crippen LogP contribution in [0.15, 0.2) is 29.3 Å². The summed E-state index contributed by atoms with van der Waals surface area (Å²) in [5.41, 5.74) is 3.53. The third kappa shape index (κ3) is 3.23. The van der Waals surface area contributed by atoms with Crippen LogP contribution in [0.3, 0.4) is 0 Å². The van der Waals surface area contributed by atoms with Gasteiger partial charge in [-0.05, 0) is 51.4 Å². The van der Waals surface area contributed by atoms with Gasteiger partial charge in [-0.2, -0.15) is 0 Å². The number of rotatable bonds is 4. The van der Waals surface area contributed by atoms with Crippen molar-refractivity contribution in [3.63, 3.8) is 0 Å². The van der Waals surface area contributed by atoms with Gasteiger partial charge in [0.05, 0.1) is 5.71 Å². The van der Waals surface area contributed by atoms with Gasteiger partial charge in [0.1, 0.15) is 22.2 Å². The number of nitrogens with zero attached hydrogens (tertiary/aromatic N) is 2. The number of nitrogens with one attached hydrogen (secondary N) is 3. The molecule has 7 heteroatoms. The molecule has 0 saturated heterocycles. The smallest absolute Gasteiger partial charge is 0.135 e. The van der Waals surface area contributed by atoms with Crippen molar-refractivity contribution in [2.24, 2.45) is 10.9 Å². The van der Waals surface area contributed by atoms with Gasteiger partial charge in [-0.15, -0.1) is 11.3 Å². The molecule has 152 valence electrons. The van der Waals surface area contributed by atoms with E-state index in [-0.39, 0.29) is 5.92 Å². The first-order valence-corrected chi connectivity index (χ1v) is 11.1. The molecule has 0 bridgehead atoms. The quantitative estimate of drug-likeness (QED) is 0.473. The van der Waals surface area contributed by atoms with Crippen LogP contribution in [0.25, 0.3) is 0 Å². The van der Waals surface area contributed by atoms with Gasteiger partial charge in [0, 0.05) is 33.5 Å². The Kier molecular flexibility index (Phi) is 5.13. The minimum Gasteiger partial charge on any atom is -0.317 e. The molecule has 2 aliphatic rings. The molecule has 5 nitrogen and oxygen atoms in total. The van der Waals surface area contributed by atoms with Crippen LogP contribution in [0.2, 0.25) is 5.02 Å². The summed E-state index contributed by atoms with van der Waals surface area (Å²) >= 11 is 7.78. The first kappa shape index (κ1) is 20.3. The highest BCUT2D eigenvalue weighted by Crippen LogP contribution is 2.53. The molecule has 0 amide bonds. The largest absolute Gasteiger partial charge is 0.317 e. The lowest BCUT2D eigenvalue weighted by atomic mass is 9.99. The molecule has 3 N–H and O–H groups in total. The lowest BCUT2D eigenvalue weighted by Gasteiger charge is -2.25. The second-order valence-corrected chi connectivity index (χ2v) is 9.47. The maximum Gasteiger partial charge on any atom is 0.135 e. The fraction of sp³-hybridized carbons (Fsp3) is 0.409. The van der Waals surface area contributed by atoms with E-state index in [4.69, 9.17) is 27.4 Å². The second-order valence-electron chi connectivity index (χ2n) is 7.83. The molecule has 1 fully saturated rings. The average Bonchev–Trinajstić information content (AvgIpc) is 3.33. The lowest BCUT2D eigenvalue weighted by Crippen LogP contribution is -2.43. The average molecular weight is 428 g/mol. The third-order valence-electron chi connectivity index (χ3n) is 5.92. The van der Waals surface area contributed by atoms with E-state index < -0.39 is 5.54 Å². The van der Waals surface area contributed by atoms with Crippen molar-refractivity contribution in [2.45, 2.75) is 39.7 Å². The molecule has 2 heterocycles. The number of amidine groups is 2. The van der Waals surface area contributed by atoms with Crippen LogP contribution in [0, 0.1) is 30.6 Å². The highest BCUT2D eigenvalue weighted by Gasteiger charge is 2.61. The van der Waals surface area contributed by atoms with Crippen LogP contribution in [-0.4, -0.2) is 36.0 Å². The van der Waals surface area contributed by atoms with Crippen LogP contribution in [0.4, 0.5) is 5.00 Å². The Morgan fingerprint density at radius 3 is 2.66 bits per heavy atom. The molecule has 2 aromatic rings. The van der Waals surface area contributed by atoms with Crippen molar-refractivity contribution in [1.82, 2.24) is 5.32 Å². The van der Waals surface area contributed by atoms with Crippen molar-refractivity contribution in [2.75, 3.05) is 18.0 Å². The first-order valence-electron chi connectivity index (χ1n) is 9.91. The first-order chi connectivity index (χ1) is 13.8. The zero-order valence-corrected chi connectivity index (χ0v) is 18.8. The summed E-state index contributed by atoms with van der Waals surface area (Å²) in [4.78, 5) is 8.25. The highest BCUT2D eigenvalue weighted by molar-refractivity contribution is 7.17. The zero-order chi connectivity index (χ0) is 20.9. The molecule has 1 spiro atoms. The summed E-state index contributed by atoms with van der Waals surface area (Å²) in [6, 6.07) is 7.78. The number of hydrogen-bond donors (Lipinski definition) is 3. The summed E-state index contributed by atoms with van der Waals surface area (Å²) in [6.45, 7) is 9.77. The molecule has 2 atom stereocenters. The lowest BCUT2D eigenvalue weighted by molar-refractivity contribution is 0.624. The predicted molar refractivity (Wildman–Crippen MR) is 124 cm³/mol. The van der Waals surface area contributed by atoms with Gasteiger partial charge in [-0.1, -0.05) is 30.7 Å². The standard InChI is InChI=1S/C22H26ClN5S/c1-5-26-11-16-10-22(16)21(25)28(14(4)24)20-18(12(2)13(3)29-20)19(27-22)15-6-8-17(23)9-7-15/h6-9,16,24-26H,5,10-11H2,1-4H3/t16?,22-/m0/s1. The van der Waals surface area contributed by atoms with Crippen molar-refractivity contribution in [3.05, 3.63) is 50.9 Å². The predicted octanol–water partition coefficient (Wildman–Crippen LogP) is 5.02. The molecule has 29 heavy (non-hydrogen) atoms. The van der Waals surface area contributed by atoms with Gasteiger partial charge in [0.25, 0.3) is 0 Å². The van der Waals surface area contributed by atoms with Gasteiger partial charge >= 0.3 is 0 Å². The summed E-state index contributed by atoms with van der Waals surface area (Å²) in [6.07, 6.45) is 0.826. The maximum absolute atomic E-state index is 9.08. The number of aliphatic imine (C=N–C) groups is 1. The molecule has 1 aromatic carbocycles. The SMILES string of the molecule is CCNCC1C[C@]12N=C(c1ccc(Cl)cc1)c1c(sc(C)c1C)N(C(C)=N)C2=N. The number of hydrogen-bond acceptors (Lipinski definition) is 5. The number of thiophene rings is 1. The van der Waals surface area contributed by atoms with Crippen LogP contribution in [0.5, 0.6) is 0 Å². The third-order valence-corrected chi connectivity index (χ3v) is 7.36. The van der Waals surface area contributed by atoms with E-state index in [0.717, 1.165) is 41.4 Å².